The second-order valence-electron chi connectivity index (χ2n) is 5.61. The Morgan fingerprint density at radius 1 is 1.17 bits per heavy atom. The number of carbonyl (C=O) groups excluding carboxylic acids is 2. The lowest BCUT2D eigenvalue weighted by Crippen LogP contribution is -2.20. The number of benzene rings is 1. The van der Waals surface area contributed by atoms with Crippen LogP contribution in [0.3, 0.4) is 0 Å². The summed E-state index contributed by atoms with van der Waals surface area (Å²) in [5.74, 6) is -0.684. The summed E-state index contributed by atoms with van der Waals surface area (Å²) in [6, 6.07) is 8.56. The second-order valence-corrected chi connectivity index (χ2v) is 5.61. The minimum atomic E-state index is -0.495. The van der Waals surface area contributed by atoms with Gasteiger partial charge in [-0.1, -0.05) is 17.7 Å². The quantitative estimate of drug-likeness (QED) is 0.755. The van der Waals surface area contributed by atoms with Crippen molar-refractivity contribution in [2.45, 2.75) is 20.8 Å². The van der Waals surface area contributed by atoms with Gasteiger partial charge >= 0.3 is 0 Å². The van der Waals surface area contributed by atoms with Gasteiger partial charge in [0.1, 0.15) is 11.3 Å². The number of hydrogen-bond donors (Lipinski definition) is 2. The van der Waals surface area contributed by atoms with Gasteiger partial charge in [0.25, 0.3) is 11.5 Å². The number of nitrogens with one attached hydrogen (secondary N) is 2. The van der Waals surface area contributed by atoms with Crippen molar-refractivity contribution in [1.29, 1.82) is 0 Å². The number of amides is 1. The van der Waals surface area contributed by atoms with Crippen LogP contribution in [0.4, 0.5) is 5.69 Å². The van der Waals surface area contributed by atoms with Gasteiger partial charge in [-0.15, -0.1) is 0 Å². The number of fused-ring (bicyclic) bond motifs is 1. The first-order valence-corrected chi connectivity index (χ1v) is 7.38. The Bertz CT molecular complexity index is 1010. The van der Waals surface area contributed by atoms with Crippen LogP contribution in [0.5, 0.6) is 0 Å². The lowest BCUT2D eigenvalue weighted by atomic mass is 10.1. The fourth-order valence-corrected chi connectivity index (χ4v) is 2.44. The summed E-state index contributed by atoms with van der Waals surface area (Å²) < 4.78 is 1.14. The van der Waals surface area contributed by atoms with E-state index in [4.69, 9.17) is 0 Å². The Balaban J connectivity index is 2.01. The summed E-state index contributed by atoms with van der Waals surface area (Å²) in [7, 11) is 0. The van der Waals surface area contributed by atoms with Crippen molar-refractivity contribution in [3.8, 4) is 0 Å². The molecule has 0 atom stereocenters. The fraction of sp³-hybridized carbons (Fsp3) is 0.176. The van der Waals surface area contributed by atoms with Crippen molar-refractivity contribution in [3.63, 3.8) is 0 Å². The SMILES string of the molecule is CC(=O)n1nc(C)c2cc(NC(=O)c3ccc(C)cc3)c(=O)[nH]c21. The molecule has 0 spiro atoms. The molecule has 1 aromatic carbocycles. The van der Waals surface area contributed by atoms with E-state index >= 15 is 0 Å². The van der Waals surface area contributed by atoms with E-state index in [-0.39, 0.29) is 17.5 Å². The molecule has 7 heteroatoms. The number of carbonyl (C=O) groups is 2. The molecule has 122 valence electrons. The van der Waals surface area contributed by atoms with Crippen molar-refractivity contribution in [1.82, 2.24) is 14.8 Å². The maximum atomic E-state index is 12.3. The number of rotatable bonds is 2. The standard InChI is InChI=1S/C17H16N4O3/c1-9-4-6-12(7-5-9)16(23)18-14-8-13-10(2)20-21(11(3)22)15(13)19-17(14)24/h4-8H,1-3H3,(H,18,23)(H,19,24). The van der Waals surface area contributed by atoms with E-state index in [1.165, 1.54) is 13.0 Å². The molecule has 0 unspecified atom stereocenters. The first-order chi connectivity index (χ1) is 11.4. The number of anilines is 1. The minimum Gasteiger partial charge on any atom is -0.317 e. The number of aromatic nitrogens is 3. The van der Waals surface area contributed by atoms with Crippen LogP contribution in [0.15, 0.2) is 35.1 Å². The zero-order valence-electron chi connectivity index (χ0n) is 13.5. The number of nitrogens with zero attached hydrogens (tertiary/aromatic N) is 2. The molecule has 2 aromatic heterocycles. The molecular weight excluding hydrogens is 308 g/mol. The molecular formula is C17H16N4O3. The maximum Gasteiger partial charge on any atom is 0.273 e. The van der Waals surface area contributed by atoms with Gasteiger partial charge in [-0.2, -0.15) is 9.78 Å². The predicted molar refractivity (Wildman–Crippen MR) is 90.5 cm³/mol. The van der Waals surface area contributed by atoms with Crippen LogP contribution in [0.1, 0.15) is 33.3 Å². The smallest absolute Gasteiger partial charge is 0.273 e. The number of aryl methyl sites for hydroxylation is 2. The van der Waals surface area contributed by atoms with Gasteiger partial charge in [0.2, 0.25) is 5.91 Å². The molecule has 1 amide bonds. The topological polar surface area (TPSA) is 96.8 Å². The van der Waals surface area contributed by atoms with E-state index < -0.39 is 5.56 Å². The summed E-state index contributed by atoms with van der Waals surface area (Å²) >= 11 is 0. The third-order valence-electron chi connectivity index (χ3n) is 3.73. The van der Waals surface area contributed by atoms with Gasteiger partial charge in [0, 0.05) is 17.9 Å². The van der Waals surface area contributed by atoms with Crippen molar-refractivity contribution >= 4 is 28.5 Å². The van der Waals surface area contributed by atoms with E-state index in [1.54, 1.807) is 19.1 Å². The molecule has 0 radical (unpaired) electrons. The largest absolute Gasteiger partial charge is 0.317 e. The average Bonchev–Trinajstić information content (AvgIpc) is 2.85. The molecule has 0 aliphatic rings. The van der Waals surface area contributed by atoms with Crippen LogP contribution < -0.4 is 10.9 Å². The number of hydrogen-bond acceptors (Lipinski definition) is 4. The van der Waals surface area contributed by atoms with Gasteiger partial charge in [-0.3, -0.25) is 14.4 Å². The third kappa shape index (κ3) is 2.71. The molecule has 0 saturated heterocycles. The van der Waals surface area contributed by atoms with E-state index in [9.17, 15) is 14.4 Å². The van der Waals surface area contributed by atoms with Crippen LogP contribution in [-0.2, 0) is 0 Å². The maximum absolute atomic E-state index is 12.3. The van der Waals surface area contributed by atoms with Gasteiger partial charge in [0.15, 0.2) is 0 Å². The van der Waals surface area contributed by atoms with E-state index in [2.05, 4.69) is 15.4 Å². The van der Waals surface area contributed by atoms with E-state index in [0.717, 1.165) is 10.2 Å². The summed E-state index contributed by atoms with van der Waals surface area (Å²) in [5.41, 5.74) is 2.01. The second kappa shape index (κ2) is 5.77. The zero-order chi connectivity index (χ0) is 17.4. The zero-order valence-corrected chi connectivity index (χ0v) is 13.5. The van der Waals surface area contributed by atoms with Crippen LogP contribution in [0, 0.1) is 13.8 Å². The molecule has 0 saturated carbocycles. The van der Waals surface area contributed by atoms with Crippen molar-refractivity contribution in [2.75, 3.05) is 5.32 Å². The minimum absolute atomic E-state index is 0.110. The summed E-state index contributed by atoms with van der Waals surface area (Å²) in [5, 5.41) is 7.30. The van der Waals surface area contributed by atoms with E-state index in [1.807, 2.05) is 19.1 Å². The van der Waals surface area contributed by atoms with Gasteiger partial charge in [0.05, 0.1) is 5.69 Å². The van der Waals surface area contributed by atoms with Gasteiger partial charge < -0.3 is 10.3 Å². The Morgan fingerprint density at radius 3 is 2.46 bits per heavy atom. The Labute approximate surface area is 137 Å². The molecule has 0 aliphatic carbocycles. The van der Waals surface area contributed by atoms with Gasteiger partial charge in [-0.05, 0) is 32.0 Å². The first-order valence-electron chi connectivity index (χ1n) is 7.38. The third-order valence-corrected chi connectivity index (χ3v) is 3.73. The highest BCUT2D eigenvalue weighted by atomic mass is 16.2. The highest BCUT2D eigenvalue weighted by Crippen LogP contribution is 2.18. The highest BCUT2D eigenvalue weighted by molar-refractivity contribution is 6.05. The van der Waals surface area contributed by atoms with Crippen molar-refractivity contribution in [3.05, 3.63) is 57.5 Å². The Kier molecular flexibility index (Phi) is 3.76. The predicted octanol–water partition coefficient (Wildman–Crippen LogP) is 2.25. The van der Waals surface area contributed by atoms with Crippen molar-refractivity contribution in [2.24, 2.45) is 0 Å². The molecule has 0 fully saturated rings. The summed E-state index contributed by atoms with van der Waals surface area (Å²) in [6.07, 6.45) is 0. The summed E-state index contributed by atoms with van der Waals surface area (Å²) in [4.78, 5) is 38.7. The van der Waals surface area contributed by atoms with Crippen LogP contribution in [-0.4, -0.2) is 26.6 Å². The first kappa shape index (κ1) is 15.7. The number of pyridine rings is 1. The molecule has 2 heterocycles. The Morgan fingerprint density at radius 2 is 1.83 bits per heavy atom. The lowest BCUT2D eigenvalue weighted by Gasteiger charge is -2.05. The molecule has 3 rings (SSSR count). The molecule has 24 heavy (non-hydrogen) atoms. The normalized spacial score (nSPS) is 10.8. The number of H-pyrrole nitrogens is 1. The van der Waals surface area contributed by atoms with E-state index in [0.29, 0.717) is 22.3 Å². The van der Waals surface area contributed by atoms with Crippen LogP contribution >= 0.6 is 0 Å². The Hall–Kier alpha value is -3.22. The average molecular weight is 324 g/mol. The monoisotopic (exact) mass is 324 g/mol. The molecule has 3 aromatic rings. The highest BCUT2D eigenvalue weighted by Gasteiger charge is 2.15. The molecule has 7 nitrogen and oxygen atoms in total. The van der Waals surface area contributed by atoms with Crippen molar-refractivity contribution < 1.29 is 9.59 Å². The molecule has 0 bridgehead atoms. The lowest BCUT2D eigenvalue weighted by molar-refractivity contribution is 0.0925. The molecule has 2 N–H and O–H groups in total. The van der Waals surface area contributed by atoms with Gasteiger partial charge in [-0.25, -0.2) is 0 Å². The van der Waals surface area contributed by atoms with Crippen LogP contribution in [0.25, 0.3) is 11.0 Å². The fourth-order valence-electron chi connectivity index (χ4n) is 2.44. The molecule has 0 aliphatic heterocycles. The number of aromatic amines is 1. The van der Waals surface area contributed by atoms with Crippen LogP contribution in [0.2, 0.25) is 0 Å². The summed E-state index contributed by atoms with van der Waals surface area (Å²) in [6.45, 7) is 5.01.